The summed E-state index contributed by atoms with van der Waals surface area (Å²) in [7, 11) is 0. The van der Waals surface area contributed by atoms with E-state index in [0.29, 0.717) is 10.8 Å². The number of hydrogen-bond acceptors (Lipinski definition) is 4. The van der Waals surface area contributed by atoms with Crippen LogP contribution in [0.5, 0.6) is 0 Å². The maximum absolute atomic E-state index is 6.32. The molecule has 0 aliphatic carbocycles. The maximum atomic E-state index is 6.32. The second kappa shape index (κ2) is 5.37. The fraction of sp³-hybridized carbons (Fsp3) is 0. The highest BCUT2D eigenvalue weighted by molar-refractivity contribution is 6.35. The van der Waals surface area contributed by atoms with Crippen molar-refractivity contribution in [1.29, 1.82) is 0 Å². The van der Waals surface area contributed by atoms with Crippen LogP contribution in [0.1, 0.15) is 0 Å². The van der Waals surface area contributed by atoms with Crippen LogP contribution in [0, 0.1) is 0 Å². The van der Waals surface area contributed by atoms with Gasteiger partial charge in [0.15, 0.2) is 0 Å². The second-order valence-corrected chi connectivity index (χ2v) is 5.48. The van der Waals surface area contributed by atoms with Gasteiger partial charge in [0, 0.05) is 24.2 Å². The first-order valence-corrected chi connectivity index (χ1v) is 7.41. The van der Waals surface area contributed by atoms with Crippen LogP contribution < -0.4 is 5.73 Å². The van der Waals surface area contributed by atoms with Crippen LogP contribution in [0.15, 0.2) is 55.0 Å². The lowest BCUT2D eigenvalue weighted by atomic mass is 10.1. The number of hydrogen-bond donors (Lipinski definition) is 2. The highest BCUT2D eigenvalue weighted by atomic mass is 35.5. The summed E-state index contributed by atoms with van der Waals surface area (Å²) in [6, 6.07) is 11.2. The molecule has 6 heteroatoms. The van der Waals surface area contributed by atoms with Crippen molar-refractivity contribution in [3.63, 3.8) is 0 Å². The fourth-order valence-corrected chi connectivity index (χ4v) is 2.83. The molecule has 0 amide bonds. The molecule has 0 fully saturated rings. The molecular formula is C17H12ClN5. The fourth-order valence-electron chi connectivity index (χ4n) is 2.63. The summed E-state index contributed by atoms with van der Waals surface area (Å²) < 4.78 is 0. The normalized spacial score (nSPS) is 11.0. The molecule has 0 atom stereocenters. The summed E-state index contributed by atoms with van der Waals surface area (Å²) in [4.78, 5) is 16.3. The van der Waals surface area contributed by atoms with Crippen molar-refractivity contribution in [2.45, 2.75) is 0 Å². The molecule has 112 valence electrons. The topological polar surface area (TPSA) is 80.5 Å². The number of halogens is 1. The number of rotatable bonds is 2. The van der Waals surface area contributed by atoms with Gasteiger partial charge in [0.25, 0.3) is 0 Å². The van der Waals surface area contributed by atoms with Gasteiger partial charge >= 0.3 is 0 Å². The van der Waals surface area contributed by atoms with Crippen molar-refractivity contribution in [3.05, 3.63) is 60.0 Å². The third-order valence-corrected chi connectivity index (χ3v) is 3.94. The Morgan fingerprint density at radius 1 is 0.957 bits per heavy atom. The van der Waals surface area contributed by atoms with E-state index in [1.165, 1.54) is 0 Å². The number of aromatic amines is 1. The molecule has 4 rings (SSSR count). The third kappa shape index (κ3) is 2.31. The van der Waals surface area contributed by atoms with Gasteiger partial charge in [-0.3, -0.25) is 9.97 Å². The lowest BCUT2D eigenvalue weighted by Gasteiger charge is -2.04. The Labute approximate surface area is 137 Å². The van der Waals surface area contributed by atoms with Gasteiger partial charge in [-0.2, -0.15) is 0 Å². The molecule has 0 aromatic carbocycles. The van der Waals surface area contributed by atoms with Crippen molar-refractivity contribution < 1.29 is 0 Å². The average molecular weight is 322 g/mol. The molecular weight excluding hydrogens is 310 g/mol. The van der Waals surface area contributed by atoms with Crippen LogP contribution >= 0.6 is 11.6 Å². The van der Waals surface area contributed by atoms with E-state index < -0.39 is 0 Å². The summed E-state index contributed by atoms with van der Waals surface area (Å²) in [6.45, 7) is 0. The molecule has 0 aliphatic heterocycles. The Morgan fingerprint density at radius 3 is 2.61 bits per heavy atom. The zero-order valence-corrected chi connectivity index (χ0v) is 12.7. The first-order valence-electron chi connectivity index (χ1n) is 7.03. The van der Waals surface area contributed by atoms with Crippen LogP contribution in [0.2, 0.25) is 5.02 Å². The summed E-state index contributed by atoms with van der Waals surface area (Å²) >= 11 is 6.32. The molecule has 5 nitrogen and oxygen atoms in total. The van der Waals surface area contributed by atoms with E-state index in [9.17, 15) is 0 Å². The van der Waals surface area contributed by atoms with E-state index in [2.05, 4.69) is 19.9 Å². The molecule has 0 bridgehead atoms. The van der Waals surface area contributed by atoms with Gasteiger partial charge in [0.05, 0.1) is 33.0 Å². The van der Waals surface area contributed by atoms with E-state index in [1.54, 1.807) is 24.7 Å². The minimum absolute atomic E-state index is 0.451. The number of anilines is 1. The number of H-pyrrole nitrogens is 1. The predicted octanol–water partition coefficient (Wildman–Crippen LogP) is 3.92. The smallest absolute Gasteiger partial charge is 0.123 e. The number of aromatic nitrogens is 4. The van der Waals surface area contributed by atoms with E-state index >= 15 is 0 Å². The second-order valence-electron chi connectivity index (χ2n) is 5.08. The van der Waals surface area contributed by atoms with Gasteiger partial charge in [0.1, 0.15) is 5.82 Å². The van der Waals surface area contributed by atoms with Crippen molar-refractivity contribution in [2.24, 2.45) is 0 Å². The van der Waals surface area contributed by atoms with Gasteiger partial charge in [-0.1, -0.05) is 17.7 Å². The first-order chi connectivity index (χ1) is 11.2. The summed E-state index contributed by atoms with van der Waals surface area (Å²) in [5, 5.41) is 0.612. The number of nitrogens with one attached hydrogen (secondary N) is 1. The highest BCUT2D eigenvalue weighted by Crippen LogP contribution is 2.38. The first kappa shape index (κ1) is 13.7. The minimum Gasteiger partial charge on any atom is -0.384 e. The number of nitrogen functional groups attached to an aromatic ring is 1. The monoisotopic (exact) mass is 321 g/mol. The molecule has 23 heavy (non-hydrogen) atoms. The van der Waals surface area contributed by atoms with Gasteiger partial charge in [-0.15, -0.1) is 0 Å². The Kier molecular flexibility index (Phi) is 3.20. The quantitative estimate of drug-likeness (QED) is 0.586. The van der Waals surface area contributed by atoms with Gasteiger partial charge in [-0.25, -0.2) is 4.98 Å². The highest BCUT2D eigenvalue weighted by Gasteiger charge is 2.18. The standard InChI is InChI=1S/C17H12ClN5/c18-11-5-8-22-17-14(12-3-1-2-6-20-12)15(23-16(11)17)10-4-7-21-13(19)9-10/h1-9,23H,(H2,19,21). The molecule has 3 N–H and O–H groups in total. The number of nitrogens with zero attached hydrogens (tertiary/aromatic N) is 3. The van der Waals surface area contributed by atoms with Crippen LogP contribution in [0.25, 0.3) is 33.5 Å². The molecule has 0 spiro atoms. The maximum Gasteiger partial charge on any atom is 0.123 e. The van der Waals surface area contributed by atoms with Crippen molar-refractivity contribution in [2.75, 3.05) is 5.73 Å². The van der Waals surface area contributed by atoms with Crippen molar-refractivity contribution in [3.8, 4) is 22.5 Å². The molecule has 0 radical (unpaired) electrons. The lowest BCUT2D eigenvalue weighted by molar-refractivity contribution is 1.31. The van der Waals surface area contributed by atoms with Crippen molar-refractivity contribution in [1.82, 2.24) is 19.9 Å². The molecule has 0 saturated heterocycles. The summed E-state index contributed by atoms with van der Waals surface area (Å²) in [5.41, 5.74) is 10.9. The Morgan fingerprint density at radius 2 is 1.83 bits per heavy atom. The van der Waals surface area contributed by atoms with Crippen molar-refractivity contribution >= 4 is 28.5 Å². The van der Waals surface area contributed by atoms with E-state index in [1.807, 2.05) is 30.3 Å². The number of pyridine rings is 3. The van der Waals surface area contributed by atoms with Crippen LogP contribution in [-0.4, -0.2) is 19.9 Å². The van der Waals surface area contributed by atoms with Crippen LogP contribution in [-0.2, 0) is 0 Å². The Balaban J connectivity index is 2.09. The van der Waals surface area contributed by atoms with Crippen LogP contribution in [0.3, 0.4) is 0 Å². The zero-order valence-electron chi connectivity index (χ0n) is 12.0. The SMILES string of the molecule is Nc1cc(-c2[nH]c3c(Cl)ccnc3c2-c2ccccn2)ccn1. The van der Waals surface area contributed by atoms with Gasteiger partial charge < -0.3 is 10.7 Å². The lowest BCUT2D eigenvalue weighted by Crippen LogP contribution is -1.91. The van der Waals surface area contributed by atoms with E-state index in [4.69, 9.17) is 17.3 Å². The number of nitrogens with two attached hydrogens (primary N) is 1. The molecule has 0 aliphatic rings. The number of fused-ring (bicyclic) bond motifs is 1. The average Bonchev–Trinajstić information content (AvgIpc) is 2.97. The van der Waals surface area contributed by atoms with Gasteiger partial charge in [0.2, 0.25) is 0 Å². The third-order valence-electron chi connectivity index (χ3n) is 3.63. The van der Waals surface area contributed by atoms with E-state index in [-0.39, 0.29) is 0 Å². The van der Waals surface area contributed by atoms with Gasteiger partial charge in [-0.05, 0) is 30.3 Å². The predicted molar refractivity (Wildman–Crippen MR) is 92.0 cm³/mol. The largest absolute Gasteiger partial charge is 0.384 e. The summed E-state index contributed by atoms with van der Waals surface area (Å²) in [6.07, 6.45) is 5.12. The molecule has 4 aromatic rings. The van der Waals surface area contributed by atoms with E-state index in [0.717, 1.165) is 33.5 Å². The minimum atomic E-state index is 0.451. The Bertz CT molecular complexity index is 994. The Hall–Kier alpha value is -2.92. The van der Waals surface area contributed by atoms with Crippen LogP contribution in [0.4, 0.5) is 5.82 Å². The molecule has 4 aromatic heterocycles. The molecule has 0 saturated carbocycles. The molecule has 4 heterocycles. The summed E-state index contributed by atoms with van der Waals surface area (Å²) in [5.74, 6) is 0.451. The zero-order chi connectivity index (χ0) is 15.8. The molecule has 0 unspecified atom stereocenters.